The van der Waals surface area contributed by atoms with Gasteiger partial charge in [0.1, 0.15) is 6.10 Å². The van der Waals surface area contributed by atoms with Crippen LogP contribution in [0.3, 0.4) is 0 Å². The number of hydrogen-bond donors (Lipinski definition) is 4. The molecule has 2 unspecified atom stereocenters. The quantitative estimate of drug-likeness (QED) is 0.425. The third kappa shape index (κ3) is 2.62. The topological polar surface area (TPSA) is 66.5 Å². The summed E-state index contributed by atoms with van der Waals surface area (Å²) in [4.78, 5) is 0. The van der Waals surface area contributed by atoms with Gasteiger partial charge in [-0.05, 0) is 17.7 Å². The Labute approximate surface area is 82.6 Å². The molecule has 0 spiro atoms. The molecule has 0 amide bonds. The highest BCUT2D eigenvalue weighted by molar-refractivity contribution is 7.80. The second kappa shape index (κ2) is 4.50. The number of rotatable bonds is 3. The van der Waals surface area contributed by atoms with Crippen LogP contribution in [0.4, 0.5) is 5.69 Å². The first-order valence-corrected chi connectivity index (χ1v) is 4.61. The van der Waals surface area contributed by atoms with Crippen molar-refractivity contribution in [3.63, 3.8) is 0 Å². The number of nitrogen functional groups attached to an aromatic ring is 1. The molecule has 0 aliphatic rings. The van der Waals surface area contributed by atoms with Gasteiger partial charge in [-0.1, -0.05) is 12.1 Å². The lowest BCUT2D eigenvalue weighted by Crippen LogP contribution is -2.19. The molecule has 0 saturated carbocycles. The van der Waals surface area contributed by atoms with E-state index in [1.165, 1.54) is 0 Å². The van der Waals surface area contributed by atoms with E-state index in [9.17, 15) is 10.2 Å². The summed E-state index contributed by atoms with van der Waals surface area (Å²) in [5.74, 6) is 0.228. The summed E-state index contributed by atoms with van der Waals surface area (Å²) < 4.78 is 0. The van der Waals surface area contributed by atoms with Gasteiger partial charge in [0.2, 0.25) is 0 Å². The lowest BCUT2D eigenvalue weighted by Gasteiger charge is -2.15. The fourth-order valence-electron chi connectivity index (χ4n) is 1.02. The fourth-order valence-corrected chi connectivity index (χ4v) is 1.21. The molecule has 1 aromatic rings. The van der Waals surface area contributed by atoms with Crippen LogP contribution in [0.5, 0.6) is 0 Å². The summed E-state index contributed by atoms with van der Waals surface area (Å²) in [5.41, 5.74) is 6.76. The van der Waals surface area contributed by atoms with E-state index in [4.69, 9.17) is 5.73 Å². The van der Waals surface area contributed by atoms with Gasteiger partial charge in [0.05, 0.1) is 6.10 Å². The van der Waals surface area contributed by atoms with E-state index in [0.29, 0.717) is 11.3 Å². The zero-order valence-electron chi connectivity index (χ0n) is 7.09. The summed E-state index contributed by atoms with van der Waals surface area (Å²) in [6.07, 6.45) is -1.73. The predicted molar refractivity (Wildman–Crippen MR) is 55.7 cm³/mol. The van der Waals surface area contributed by atoms with Crippen molar-refractivity contribution < 1.29 is 10.2 Å². The average molecular weight is 199 g/mol. The molecule has 0 aliphatic heterocycles. The minimum absolute atomic E-state index is 0.228. The van der Waals surface area contributed by atoms with Crippen LogP contribution in [0.25, 0.3) is 0 Å². The molecule has 0 fully saturated rings. The Morgan fingerprint density at radius 3 is 2.23 bits per heavy atom. The Morgan fingerprint density at radius 1 is 1.23 bits per heavy atom. The van der Waals surface area contributed by atoms with Crippen molar-refractivity contribution in [2.45, 2.75) is 12.2 Å². The summed E-state index contributed by atoms with van der Waals surface area (Å²) >= 11 is 3.89. The lowest BCUT2D eigenvalue weighted by molar-refractivity contribution is 0.0338. The Bertz CT molecular complexity index is 263. The molecule has 4 N–H and O–H groups in total. The third-order valence-corrected chi connectivity index (χ3v) is 2.20. The van der Waals surface area contributed by atoms with Gasteiger partial charge in [0.25, 0.3) is 0 Å². The van der Waals surface area contributed by atoms with Gasteiger partial charge in [-0.25, -0.2) is 0 Å². The van der Waals surface area contributed by atoms with Crippen LogP contribution in [0, 0.1) is 0 Å². The van der Waals surface area contributed by atoms with Crippen LogP contribution in [0.2, 0.25) is 0 Å². The normalized spacial score (nSPS) is 15.3. The largest absolute Gasteiger partial charge is 0.399 e. The number of aliphatic hydroxyl groups is 2. The molecule has 0 aromatic heterocycles. The number of thiol groups is 1. The molecule has 13 heavy (non-hydrogen) atoms. The first-order chi connectivity index (χ1) is 6.15. The molecule has 0 bridgehead atoms. The molecule has 0 radical (unpaired) electrons. The van der Waals surface area contributed by atoms with Crippen molar-refractivity contribution in [3.8, 4) is 0 Å². The van der Waals surface area contributed by atoms with E-state index < -0.39 is 12.2 Å². The zero-order chi connectivity index (χ0) is 9.84. The van der Waals surface area contributed by atoms with Crippen molar-refractivity contribution in [1.82, 2.24) is 0 Å². The summed E-state index contributed by atoms with van der Waals surface area (Å²) in [6, 6.07) is 6.74. The highest BCUT2D eigenvalue weighted by Gasteiger charge is 2.15. The molecule has 3 nitrogen and oxygen atoms in total. The Hall–Kier alpha value is -0.710. The molecule has 0 aliphatic carbocycles. The Balaban J connectivity index is 2.77. The van der Waals surface area contributed by atoms with Gasteiger partial charge in [-0.15, -0.1) is 0 Å². The minimum Gasteiger partial charge on any atom is -0.399 e. The Kier molecular flexibility index (Phi) is 3.59. The second-order valence-electron chi connectivity index (χ2n) is 2.86. The van der Waals surface area contributed by atoms with Crippen molar-refractivity contribution in [3.05, 3.63) is 29.8 Å². The first kappa shape index (κ1) is 10.4. The number of aliphatic hydroxyl groups excluding tert-OH is 2. The summed E-state index contributed by atoms with van der Waals surface area (Å²) in [7, 11) is 0. The van der Waals surface area contributed by atoms with Gasteiger partial charge in [0, 0.05) is 11.4 Å². The van der Waals surface area contributed by atoms with Crippen LogP contribution in [-0.4, -0.2) is 22.1 Å². The van der Waals surface area contributed by atoms with E-state index in [1.807, 2.05) is 0 Å². The van der Waals surface area contributed by atoms with Gasteiger partial charge >= 0.3 is 0 Å². The number of nitrogens with two attached hydrogens (primary N) is 1. The van der Waals surface area contributed by atoms with E-state index in [1.54, 1.807) is 24.3 Å². The molecule has 0 heterocycles. The fraction of sp³-hybridized carbons (Fsp3) is 0.333. The van der Waals surface area contributed by atoms with Crippen molar-refractivity contribution in [1.29, 1.82) is 0 Å². The van der Waals surface area contributed by atoms with Crippen molar-refractivity contribution in [2.24, 2.45) is 0 Å². The molecular weight excluding hydrogens is 186 g/mol. The summed E-state index contributed by atoms with van der Waals surface area (Å²) in [5, 5.41) is 18.8. The number of anilines is 1. The molecule has 4 heteroatoms. The molecule has 0 saturated heterocycles. The second-order valence-corrected chi connectivity index (χ2v) is 3.23. The average Bonchev–Trinajstić information content (AvgIpc) is 2.17. The van der Waals surface area contributed by atoms with E-state index in [-0.39, 0.29) is 5.75 Å². The standard InChI is InChI=1S/C9H13NO2S/c10-7-3-1-6(2-4-7)9(12)8(11)5-13/h1-4,8-9,11-13H,5,10H2. The molecule has 1 aromatic carbocycles. The van der Waals surface area contributed by atoms with Crippen LogP contribution in [0.15, 0.2) is 24.3 Å². The lowest BCUT2D eigenvalue weighted by atomic mass is 10.1. The highest BCUT2D eigenvalue weighted by atomic mass is 32.1. The smallest absolute Gasteiger partial charge is 0.106 e. The van der Waals surface area contributed by atoms with Gasteiger partial charge in [-0.3, -0.25) is 0 Å². The van der Waals surface area contributed by atoms with Crippen LogP contribution in [-0.2, 0) is 0 Å². The van der Waals surface area contributed by atoms with E-state index in [2.05, 4.69) is 12.6 Å². The maximum absolute atomic E-state index is 9.54. The number of benzene rings is 1. The Morgan fingerprint density at radius 2 is 1.77 bits per heavy atom. The third-order valence-electron chi connectivity index (χ3n) is 1.83. The number of hydrogen-bond acceptors (Lipinski definition) is 4. The first-order valence-electron chi connectivity index (χ1n) is 3.97. The van der Waals surface area contributed by atoms with Crippen LogP contribution >= 0.6 is 12.6 Å². The molecule has 2 atom stereocenters. The molecule has 1 rings (SSSR count). The van der Waals surface area contributed by atoms with Crippen molar-refractivity contribution in [2.75, 3.05) is 11.5 Å². The molecular formula is C9H13NO2S. The minimum atomic E-state index is -0.891. The van der Waals surface area contributed by atoms with Crippen LogP contribution in [0.1, 0.15) is 11.7 Å². The maximum Gasteiger partial charge on any atom is 0.106 e. The van der Waals surface area contributed by atoms with Gasteiger partial charge in [-0.2, -0.15) is 12.6 Å². The zero-order valence-corrected chi connectivity index (χ0v) is 7.98. The maximum atomic E-state index is 9.54. The predicted octanol–water partition coefficient (Wildman–Crippen LogP) is 0.593. The SMILES string of the molecule is Nc1ccc(C(O)C(O)CS)cc1. The summed E-state index contributed by atoms with van der Waals surface area (Å²) in [6.45, 7) is 0. The van der Waals surface area contributed by atoms with E-state index in [0.717, 1.165) is 0 Å². The monoisotopic (exact) mass is 199 g/mol. The molecule has 72 valence electrons. The van der Waals surface area contributed by atoms with Crippen molar-refractivity contribution >= 4 is 18.3 Å². The van der Waals surface area contributed by atoms with Crippen LogP contribution < -0.4 is 5.73 Å². The highest BCUT2D eigenvalue weighted by Crippen LogP contribution is 2.18. The van der Waals surface area contributed by atoms with Gasteiger partial charge in [0.15, 0.2) is 0 Å². The van der Waals surface area contributed by atoms with Gasteiger partial charge < -0.3 is 15.9 Å². The van der Waals surface area contributed by atoms with E-state index >= 15 is 0 Å².